The lowest BCUT2D eigenvalue weighted by Crippen LogP contribution is -2.50. The molecule has 182 valence electrons. The molecule has 2 atom stereocenters. The van der Waals surface area contributed by atoms with Crippen LogP contribution in [0.5, 0.6) is 0 Å². The van der Waals surface area contributed by atoms with Gasteiger partial charge in [0, 0.05) is 13.0 Å². The molecule has 0 spiro atoms. The first-order valence-corrected chi connectivity index (χ1v) is 14.2. The maximum atomic E-state index is 10.8. The van der Waals surface area contributed by atoms with E-state index in [0.29, 0.717) is 49.3 Å². The van der Waals surface area contributed by atoms with Crippen LogP contribution in [0.4, 0.5) is 0 Å². The van der Waals surface area contributed by atoms with Gasteiger partial charge < -0.3 is 19.4 Å². The molecule has 0 bridgehead atoms. The number of aliphatic hydroxyl groups excluding tert-OH is 2. The lowest BCUT2D eigenvalue weighted by atomic mass is 9.87. The van der Waals surface area contributed by atoms with Gasteiger partial charge in [0.2, 0.25) is 0 Å². The molecule has 4 nitrogen and oxygen atoms in total. The lowest BCUT2D eigenvalue weighted by molar-refractivity contribution is 0.0345. The molecule has 0 aliphatic carbocycles. The minimum atomic E-state index is -2.02. The molecule has 0 fully saturated rings. The van der Waals surface area contributed by atoms with E-state index in [1.54, 1.807) is 0 Å². The zero-order chi connectivity index (χ0) is 24.4. The standard InChI is InChI=1S/C27H46O4Si/c1-21(2)32(22(3)4,23(5)6)31-20-26(29)27(7,8)17-12-15-25(28)16-18-30-19-24-13-10-9-11-14-24/h9-11,13-14,21-23,25-26,28-29H,15-16,18-20H2,1-8H3. The molecular formula is C27H46O4Si. The third-order valence-corrected chi connectivity index (χ3v) is 12.6. The maximum Gasteiger partial charge on any atom is 0.200 e. The highest BCUT2D eigenvalue weighted by atomic mass is 28.4. The van der Waals surface area contributed by atoms with Crippen LogP contribution in [-0.4, -0.2) is 44.0 Å². The predicted molar refractivity (Wildman–Crippen MR) is 136 cm³/mol. The van der Waals surface area contributed by atoms with Crippen LogP contribution in [0.15, 0.2) is 30.3 Å². The van der Waals surface area contributed by atoms with Crippen LogP contribution in [0.1, 0.15) is 73.8 Å². The van der Waals surface area contributed by atoms with E-state index in [9.17, 15) is 10.2 Å². The van der Waals surface area contributed by atoms with Crippen molar-refractivity contribution in [3.63, 3.8) is 0 Å². The molecule has 0 radical (unpaired) electrons. The zero-order valence-electron chi connectivity index (χ0n) is 21.5. The van der Waals surface area contributed by atoms with Gasteiger partial charge in [0.15, 0.2) is 8.32 Å². The van der Waals surface area contributed by atoms with E-state index in [-0.39, 0.29) is 0 Å². The van der Waals surface area contributed by atoms with E-state index < -0.39 is 25.9 Å². The lowest BCUT2D eigenvalue weighted by Gasteiger charge is -2.43. The zero-order valence-corrected chi connectivity index (χ0v) is 22.5. The van der Waals surface area contributed by atoms with Crippen molar-refractivity contribution in [2.75, 3.05) is 13.2 Å². The van der Waals surface area contributed by atoms with Crippen LogP contribution in [0.3, 0.4) is 0 Å². The molecule has 2 unspecified atom stereocenters. The second kappa shape index (κ2) is 13.5. The summed E-state index contributed by atoms with van der Waals surface area (Å²) >= 11 is 0. The van der Waals surface area contributed by atoms with Gasteiger partial charge in [-0.05, 0) is 42.5 Å². The monoisotopic (exact) mass is 462 g/mol. The fourth-order valence-corrected chi connectivity index (χ4v) is 9.94. The SMILES string of the molecule is CC(C)[Si](OCC(O)C(C)(C)C#CCC(O)CCOCc1ccccc1)(C(C)C)C(C)C. The van der Waals surface area contributed by atoms with Crippen molar-refractivity contribution in [1.82, 2.24) is 0 Å². The van der Waals surface area contributed by atoms with Crippen molar-refractivity contribution in [1.29, 1.82) is 0 Å². The van der Waals surface area contributed by atoms with Crippen molar-refractivity contribution < 1.29 is 19.4 Å². The van der Waals surface area contributed by atoms with E-state index in [0.717, 1.165) is 5.56 Å². The van der Waals surface area contributed by atoms with Crippen LogP contribution in [0.25, 0.3) is 0 Å². The predicted octanol–water partition coefficient (Wildman–Crippen LogP) is 5.93. The average Bonchev–Trinajstić information content (AvgIpc) is 2.71. The first-order chi connectivity index (χ1) is 14.9. The quantitative estimate of drug-likeness (QED) is 0.217. The maximum absolute atomic E-state index is 10.8. The van der Waals surface area contributed by atoms with E-state index in [1.165, 1.54) is 0 Å². The Morgan fingerprint density at radius 1 is 0.938 bits per heavy atom. The van der Waals surface area contributed by atoms with Crippen LogP contribution in [-0.2, 0) is 15.8 Å². The summed E-state index contributed by atoms with van der Waals surface area (Å²) in [6.45, 7) is 18.7. The molecule has 1 aromatic rings. The van der Waals surface area contributed by atoms with Gasteiger partial charge in [-0.25, -0.2) is 0 Å². The van der Waals surface area contributed by atoms with Crippen molar-refractivity contribution in [3.8, 4) is 11.8 Å². The first kappa shape index (κ1) is 28.9. The topological polar surface area (TPSA) is 58.9 Å². The highest BCUT2D eigenvalue weighted by molar-refractivity contribution is 6.77. The number of hydrogen-bond donors (Lipinski definition) is 2. The third-order valence-electron chi connectivity index (χ3n) is 6.49. The summed E-state index contributed by atoms with van der Waals surface area (Å²) in [6, 6.07) is 10.00. The van der Waals surface area contributed by atoms with Crippen molar-refractivity contribution >= 4 is 8.32 Å². The van der Waals surface area contributed by atoms with Crippen molar-refractivity contribution in [3.05, 3.63) is 35.9 Å². The van der Waals surface area contributed by atoms with Gasteiger partial charge in [0.05, 0.1) is 30.8 Å². The van der Waals surface area contributed by atoms with Crippen LogP contribution >= 0.6 is 0 Å². The van der Waals surface area contributed by atoms with E-state index in [4.69, 9.17) is 9.16 Å². The molecule has 0 heterocycles. The van der Waals surface area contributed by atoms with E-state index in [1.807, 2.05) is 44.2 Å². The molecular weight excluding hydrogens is 416 g/mol. The Morgan fingerprint density at radius 3 is 2.03 bits per heavy atom. The van der Waals surface area contributed by atoms with Crippen LogP contribution < -0.4 is 0 Å². The Bertz CT molecular complexity index is 682. The molecule has 1 aromatic carbocycles. The van der Waals surface area contributed by atoms with E-state index in [2.05, 4.69) is 53.4 Å². The molecule has 0 aliphatic heterocycles. The first-order valence-electron chi connectivity index (χ1n) is 12.0. The molecule has 0 saturated carbocycles. The normalized spacial score (nSPS) is 14.5. The smallest absolute Gasteiger partial charge is 0.200 e. The molecule has 2 N–H and O–H groups in total. The summed E-state index contributed by atoms with van der Waals surface area (Å²) in [5.74, 6) is 6.24. The number of hydrogen-bond acceptors (Lipinski definition) is 4. The van der Waals surface area contributed by atoms with Gasteiger partial charge in [0.1, 0.15) is 0 Å². The van der Waals surface area contributed by atoms with E-state index >= 15 is 0 Å². The molecule has 0 amide bonds. The summed E-state index contributed by atoms with van der Waals surface area (Å²) in [4.78, 5) is 0. The largest absolute Gasteiger partial charge is 0.413 e. The summed E-state index contributed by atoms with van der Waals surface area (Å²) in [6.07, 6.45) is -0.303. The van der Waals surface area contributed by atoms with Crippen LogP contribution in [0.2, 0.25) is 16.6 Å². The minimum Gasteiger partial charge on any atom is -0.413 e. The summed E-state index contributed by atoms with van der Waals surface area (Å²) < 4.78 is 12.2. The number of ether oxygens (including phenoxy) is 1. The molecule has 32 heavy (non-hydrogen) atoms. The molecule has 0 saturated heterocycles. The summed E-state index contributed by atoms with van der Waals surface area (Å²) in [5, 5.41) is 21.1. The fraction of sp³-hybridized carbons (Fsp3) is 0.704. The molecule has 0 aromatic heterocycles. The molecule has 0 aliphatic rings. The second-order valence-corrected chi connectivity index (χ2v) is 15.8. The third kappa shape index (κ3) is 8.65. The number of rotatable bonds is 13. The summed E-state index contributed by atoms with van der Waals surface area (Å²) in [7, 11) is -2.02. The highest BCUT2D eigenvalue weighted by Crippen LogP contribution is 2.42. The average molecular weight is 463 g/mol. The minimum absolute atomic E-state index is 0.304. The summed E-state index contributed by atoms with van der Waals surface area (Å²) in [5.41, 5.74) is 1.95. The Hall–Kier alpha value is -1.16. The van der Waals surface area contributed by atoms with Crippen LogP contribution in [0, 0.1) is 17.3 Å². The van der Waals surface area contributed by atoms with Gasteiger partial charge in [0.25, 0.3) is 0 Å². The number of aliphatic hydroxyl groups is 2. The second-order valence-electron chi connectivity index (χ2n) is 10.4. The molecule has 5 heteroatoms. The Labute approximate surface area is 197 Å². The van der Waals surface area contributed by atoms with Gasteiger partial charge in [-0.1, -0.05) is 83.7 Å². The van der Waals surface area contributed by atoms with Gasteiger partial charge in [-0.15, -0.1) is 0 Å². The van der Waals surface area contributed by atoms with Gasteiger partial charge >= 0.3 is 0 Å². The highest BCUT2D eigenvalue weighted by Gasteiger charge is 2.45. The van der Waals surface area contributed by atoms with Gasteiger partial charge in [-0.2, -0.15) is 0 Å². The molecule has 1 rings (SSSR count). The number of benzene rings is 1. The van der Waals surface area contributed by atoms with Crippen molar-refractivity contribution in [2.24, 2.45) is 5.41 Å². The Balaban J connectivity index is 2.52. The Kier molecular flexibility index (Phi) is 12.2. The Morgan fingerprint density at radius 2 is 1.50 bits per heavy atom. The van der Waals surface area contributed by atoms with Gasteiger partial charge in [-0.3, -0.25) is 0 Å². The fourth-order valence-electron chi connectivity index (χ4n) is 4.50. The van der Waals surface area contributed by atoms with Crippen molar-refractivity contribution in [2.45, 2.75) is 104 Å².